The summed E-state index contributed by atoms with van der Waals surface area (Å²) in [7, 11) is 0. The molecule has 1 aromatic carbocycles. The molecule has 2 rings (SSSR count). The highest BCUT2D eigenvalue weighted by Gasteiger charge is 2.13. The predicted octanol–water partition coefficient (Wildman–Crippen LogP) is 1.80. The first-order chi connectivity index (χ1) is 8.68. The lowest BCUT2D eigenvalue weighted by Crippen LogP contribution is -2.19. The quantitative estimate of drug-likeness (QED) is 0.677. The van der Waals surface area contributed by atoms with Gasteiger partial charge in [-0.05, 0) is 18.1 Å². The molecule has 0 saturated carbocycles. The average Bonchev–Trinajstić information content (AvgIpc) is 2.78. The standard InChI is InChI=1S/C11H9ClN4O2/c1-7-10(16-18-15-7)11(17)14-13-6-8-4-2-3-5-9(8)12/h2-6H,1H3,(H,14,17)/b13-6-. The number of hydrazone groups is 1. The molecule has 0 bridgehead atoms. The Morgan fingerprint density at radius 1 is 1.44 bits per heavy atom. The minimum atomic E-state index is -0.489. The van der Waals surface area contributed by atoms with Crippen molar-refractivity contribution >= 4 is 23.7 Å². The van der Waals surface area contributed by atoms with Gasteiger partial charge in [0.25, 0.3) is 5.91 Å². The third kappa shape index (κ3) is 2.72. The van der Waals surface area contributed by atoms with Gasteiger partial charge in [-0.1, -0.05) is 35.0 Å². The number of amides is 1. The SMILES string of the molecule is Cc1nonc1C(=O)N/N=C\c1ccccc1Cl. The molecule has 0 saturated heterocycles. The molecule has 7 heteroatoms. The second-order valence-corrected chi connectivity index (χ2v) is 3.83. The minimum absolute atomic E-state index is 0.103. The number of benzene rings is 1. The van der Waals surface area contributed by atoms with E-state index >= 15 is 0 Å². The fraction of sp³-hybridized carbons (Fsp3) is 0.0909. The summed E-state index contributed by atoms with van der Waals surface area (Å²) in [5, 5.41) is 11.3. The van der Waals surface area contributed by atoms with Gasteiger partial charge in [-0.3, -0.25) is 4.79 Å². The van der Waals surface area contributed by atoms with Crippen molar-refractivity contribution in [1.82, 2.24) is 15.7 Å². The first kappa shape index (κ1) is 12.3. The number of rotatable bonds is 3. The lowest BCUT2D eigenvalue weighted by molar-refractivity contribution is 0.0945. The number of aromatic nitrogens is 2. The maximum absolute atomic E-state index is 11.6. The van der Waals surface area contributed by atoms with Crippen molar-refractivity contribution in [2.75, 3.05) is 0 Å². The lowest BCUT2D eigenvalue weighted by Gasteiger charge is -1.97. The molecule has 0 unspecified atom stereocenters. The Balaban J connectivity index is 2.03. The number of hydrogen-bond acceptors (Lipinski definition) is 5. The minimum Gasteiger partial charge on any atom is -0.265 e. The molecule has 0 aliphatic heterocycles. The average molecular weight is 265 g/mol. The van der Waals surface area contributed by atoms with E-state index in [4.69, 9.17) is 11.6 Å². The number of halogens is 1. The molecule has 0 aliphatic rings. The van der Waals surface area contributed by atoms with Crippen molar-refractivity contribution in [2.45, 2.75) is 6.92 Å². The van der Waals surface area contributed by atoms with E-state index in [1.165, 1.54) is 6.21 Å². The summed E-state index contributed by atoms with van der Waals surface area (Å²) in [5.41, 5.74) is 3.52. The normalized spacial score (nSPS) is 10.8. The second kappa shape index (κ2) is 5.42. The van der Waals surface area contributed by atoms with Crippen molar-refractivity contribution < 1.29 is 9.42 Å². The monoisotopic (exact) mass is 264 g/mol. The third-order valence-electron chi connectivity index (χ3n) is 2.14. The van der Waals surface area contributed by atoms with E-state index in [9.17, 15) is 4.79 Å². The van der Waals surface area contributed by atoms with Crippen LogP contribution < -0.4 is 5.43 Å². The fourth-order valence-electron chi connectivity index (χ4n) is 1.23. The van der Waals surface area contributed by atoms with E-state index in [-0.39, 0.29) is 5.69 Å². The summed E-state index contributed by atoms with van der Waals surface area (Å²) < 4.78 is 4.42. The van der Waals surface area contributed by atoms with Crippen LogP contribution in [0.3, 0.4) is 0 Å². The van der Waals surface area contributed by atoms with Gasteiger partial charge in [0, 0.05) is 10.6 Å². The number of nitrogens with one attached hydrogen (secondary N) is 1. The van der Waals surface area contributed by atoms with Crippen LogP contribution in [-0.4, -0.2) is 22.4 Å². The van der Waals surface area contributed by atoms with E-state index in [0.717, 1.165) is 0 Å². The largest absolute Gasteiger partial charge is 0.295 e. The Bertz CT molecular complexity index is 594. The van der Waals surface area contributed by atoms with Gasteiger partial charge in [0.1, 0.15) is 5.69 Å². The van der Waals surface area contributed by atoms with Gasteiger partial charge in [0.2, 0.25) is 0 Å². The van der Waals surface area contributed by atoms with Gasteiger partial charge < -0.3 is 0 Å². The van der Waals surface area contributed by atoms with Crippen molar-refractivity contribution in [1.29, 1.82) is 0 Å². The predicted molar refractivity (Wildman–Crippen MR) is 65.5 cm³/mol. The Labute approximate surface area is 108 Å². The van der Waals surface area contributed by atoms with Crippen LogP contribution in [0.25, 0.3) is 0 Å². The van der Waals surface area contributed by atoms with Gasteiger partial charge >= 0.3 is 0 Å². The highest BCUT2D eigenvalue weighted by Crippen LogP contribution is 2.12. The van der Waals surface area contributed by atoms with Gasteiger partial charge in [-0.25, -0.2) is 10.1 Å². The van der Waals surface area contributed by atoms with E-state index in [2.05, 4.69) is 25.5 Å². The zero-order valence-corrected chi connectivity index (χ0v) is 10.2. The zero-order chi connectivity index (χ0) is 13.0. The van der Waals surface area contributed by atoms with Crippen LogP contribution in [0.2, 0.25) is 5.02 Å². The number of carbonyl (C=O) groups is 1. The summed E-state index contributed by atoms with van der Waals surface area (Å²) in [5.74, 6) is -0.489. The molecular formula is C11H9ClN4O2. The van der Waals surface area contributed by atoms with E-state index in [0.29, 0.717) is 16.3 Å². The Kier molecular flexibility index (Phi) is 3.69. The van der Waals surface area contributed by atoms with Crippen LogP contribution >= 0.6 is 11.6 Å². The van der Waals surface area contributed by atoms with Gasteiger partial charge in [-0.2, -0.15) is 5.10 Å². The van der Waals surface area contributed by atoms with Gasteiger partial charge in [0.15, 0.2) is 5.69 Å². The molecular weight excluding hydrogens is 256 g/mol. The number of carbonyl (C=O) groups excluding carboxylic acids is 1. The zero-order valence-electron chi connectivity index (χ0n) is 9.42. The highest BCUT2D eigenvalue weighted by atomic mass is 35.5. The molecule has 18 heavy (non-hydrogen) atoms. The van der Waals surface area contributed by atoms with Gasteiger partial charge in [0.05, 0.1) is 6.21 Å². The summed E-state index contributed by atoms with van der Waals surface area (Å²) in [6, 6.07) is 7.14. The van der Waals surface area contributed by atoms with E-state index in [1.54, 1.807) is 19.1 Å². The van der Waals surface area contributed by atoms with Crippen molar-refractivity contribution in [3.8, 4) is 0 Å². The molecule has 0 spiro atoms. The van der Waals surface area contributed by atoms with Crippen LogP contribution in [0, 0.1) is 6.92 Å². The number of hydrogen-bond donors (Lipinski definition) is 1. The molecule has 1 aromatic heterocycles. The maximum Gasteiger partial charge on any atom is 0.295 e. The van der Waals surface area contributed by atoms with Crippen molar-refractivity contribution in [3.63, 3.8) is 0 Å². The van der Waals surface area contributed by atoms with E-state index in [1.807, 2.05) is 12.1 Å². The van der Waals surface area contributed by atoms with Gasteiger partial charge in [-0.15, -0.1) is 0 Å². The molecule has 0 fully saturated rings. The molecule has 0 aliphatic carbocycles. The molecule has 1 N–H and O–H groups in total. The van der Waals surface area contributed by atoms with E-state index < -0.39 is 5.91 Å². The lowest BCUT2D eigenvalue weighted by atomic mass is 10.2. The summed E-state index contributed by atoms with van der Waals surface area (Å²) in [4.78, 5) is 11.6. The smallest absolute Gasteiger partial charge is 0.265 e. The fourth-order valence-corrected chi connectivity index (χ4v) is 1.42. The Morgan fingerprint density at radius 3 is 2.89 bits per heavy atom. The summed E-state index contributed by atoms with van der Waals surface area (Å²) >= 11 is 5.92. The van der Waals surface area contributed by atoms with Crippen molar-refractivity contribution in [3.05, 3.63) is 46.2 Å². The first-order valence-electron chi connectivity index (χ1n) is 5.05. The third-order valence-corrected chi connectivity index (χ3v) is 2.49. The van der Waals surface area contributed by atoms with Crippen LogP contribution in [0.1, 0.15) is 21.7 Å². The first-order valence-corrected chi connectivity index (χ1v) is 5.43. The van der Waals surface area contributed by atoms with Crippen LogP contribution in [0.15, 0.2) is 34.0 Å². The van der Waals surface area contributed by atoms with Crippen LogP contribution in [0.4, 0.5) is 0 Å². The summed E-state index contributed by atoms with van der Waals surface area (Å²) in [6.45, 7) is 1.61. The highest BCUT2D eigenvalue weighted by molar-refractivity contribution is 6.33. The molecule has 0 radical (unpaired) electrons. The topological polar surface area (TPSA) is 80.4 Å². The molecule has 6 nitrogen and oxygen atoms in total. The number of aryl methyl sites for hydroxylation is 1. The number of nitrogens with zero attached hydrogens (tertiary/aromatic N) is 3. The van der Waals surface area contributed by atoms with Crippen LogP contribution in [0.5, 0.6) is 0 Å². The molecule has 0 atom stereocenters. The molecule has 2 aromatic rings. The van der Waals surface area contributed by atoms with Crippen LogP contribution in [-0.2, 0) is 0 Å². The maximum atomic E-state index is 11.6. The molecule has 1 heterocycles. The Morgan fingerprint density at radius 2 is 2.22 bits per heavy atom. The second-order valence-electron chi connectivity index (χ2n) is 3.42. The molecule has 92 valence electrons. The summed E-state index contributed by atoms with van der Waals surface area (Å²) in [6.07, 6.45) is 1.45. The Hall–Kier alpha value is -2.21. The molecule has 1 amide bonds. The van der Waals surface area contributed by atoms with Crippen molar-refractivity contribution in [2.24, 2.45) is 5.10 Å².